The molecule has 132 valence electrons. The van der Waals surface area contributed by atoms with Crippen LogP contribution in [0.3, 0.4) is 0 Å². The number of H-pyrrole nitrogens is 1. The Labute approximate surface area is 154 Å². The number of nitrogens with two attached hydrogens (primary N) is 1. The van der Waals surface area contributed by atoms with Crippen LogP contribution in [-0.2, 0) is 6.18 Å². The fourth-order valence-electron chi connectivity index (χ4n) is 2.14. The lowest BCUT2D eigenvalue weighted by molar-refractivity contribution is -0.141. The largest absolute Gasteiger partial charge is 0.433 e. The smallest absolute Gasteiger partial charge is 0.384 e. The van der Waals surface area contributed by atoms with Gasteiger partial charge in [0.05, 0.1) is 21.5 Å². The van der Waals surface area contributed by atoms with Gasteiger partial charge in [0.2, 0.25) is 0 Å². The molecule has 0 fully saturated rings. The van der Waals surface area contributed by atoms with Gasteiger partial charge in [-0.1, -0.05) is 35.0 Å². The Kier molecular flexibility index (Phi) is 4.74. The molecule has 0 saturated heterocycles. The van der Waals surface area contributed by atoms with Crippen molar-refractivity contribution in [3.05, 3.63) is 39.9 Å². The second-order valence-corrected chi connectivity index (χ2v) is 7.19. The van der Waals surface area contributed by atoms with Crippen molar-refractivity contribution in [2.24, 2.45) is 0 Å². The molecule has 3 N–H and O–H groups in total. The van der Waals surface area contributed by atoms with Crippen LogP contribution in [0.4, 0.5) is 19.0 Å². The fourth-order valence-corrected chi connectivity index (χ4v) is 3.46. The highest BCUT2D eigenvalue weighted by atomic mass is 35.5. The van der Waals surface area contributed by atoms with Crippen LogP contribution in [0.15, 0.2) is 23.5 Å². The van der Waals surface area contributed by atoms with Crippen LogP contribution in [0, 0.1) is 0 Å². The molecule has 3 aromatic heterocycles. The molecule has 3 heterocycles. The van der Waals surface area contributed by atoms with Crippen molar-refractivity contribution in [1.29, 1.82) is 0 Å². The van der Waals surface area contributed by atoms with Gasteiger partial charge >= 0.3 is 6.18 Å². The minimum atomic E-state index is -4.60. The fraction of sp³-hybridized carbons (Fsp3) is 0.214. The van der Waals surface area contributed by atoms with Gasteiger partial charge in [0.1, 0.15) is 5.82 Å². The number of nitrogens with one attached hydrogen (secondary N) is 1. The Morgan fingerprint density at radius 2 is 1.92 bits per heavy atom. The lowest BCUT2D eigenvalue weighted by Crippen LogP contribution is -2.11. The van der Waals surface area contributed by atoms with E-state index in [0.717, 1.165) is 11.8 Å². The molecule has 1 atom stereocenters. The van der Waals surface area contributed by atoms with Crippen molar-refractivity contribution < 1.29 is 13.2 Å². The number of rotatable bonds is 3. The molecule has 11 heteroatoms. The minimum Gasteiger partial charge on any atom is -0.384 e. The molecule has 25 heavy (non-hydrogen) atoms. The summed E-state index contributed by atoms with van der Waals surface area (Å²) in [5.41, 5.74) is 5.48. The number of nitrogen functional groups attached to an aromatic ring is 1. The normalized spacial score (nSPS) is 13.4. The number of aromatic nitrogens is 4. The van der Waals surface area contributed by atoms with Crippen molar-refractivity contribution in [2.75, 3.05) is 5.73 Å². The molecule has 0 aromatic carbocycles. The van der Waals surface area contributed by atoms with E-state index >= 15 is 0 Å². The number of alkyl halides is 3. The number of halogens is 5. The van der Waals surface area contributed by atoms with Crippen LogP contribution in [-0.4, -0.2) is 19.9 Å². The van der Waals surface area contributed by atoms with Gasteiger partial charge in [-0.15, -0.1) is 0 Å². The molecule has 0 aliphatic heterocycles. The standard InChI is InChI=1S/C14H10Cl2F3N5S/c1-5(8-2-6-7(15)4-21-11(6)12(16)22-8)25-13-23-9(14(17,18)19)3-10(20)24-13/h2-5,21H,1H3,(H2,20,23,24). The third kappa shape index (κ3) is 3.78. The van der Waals surface area contributed by atoms with Crippen LogP contribution in [0.2, 0.25) is 10.2 Å². The number of fused-ring (bicyclic) bond motifs is 1. The van der Waals surface area contributed by atoms with Crippen molar-refractivity contribution in [2.45, 2.75) is 23.5 Å². The van der Waals surface area contributed by atoms with Crippen LogP contribution in [0.1, 0.15) is 23.6 Å². The number of thioether (sulfide) groups is 1. The first kappa shape index (κ1) is 18.1. The maximum absolute atomic E-state index is 12.8. The van der Waals surface area contributed by atoms with Gasteiger partial charge in [-0.25, -0.2) is 15.0 Å². The van der Waals surface area contributed by atoms with Crippen LogP contribution in [0.25, 0.3) is 10.9 Å². The Morgan fingerprint density at radius 3 is 2.60 bits per heavy atom. The highest BCUT2D eigenvalue weighted by Crippen LogP contribution is 2.37. The topological polar surface area (TPSA) is 80.5 Å². The van der Waals surface area contributed by atoms with Gasteiger partial charge in [0.15, 0.2) is 16.0 Å². The molecule has 5 nitrogen and oxygen atoms in total. The first-order chi connectivity index (χ1) is 11.6. The van der Waals surface area contributed by atoms with Gasteiger partial charge in [-0.05, 0) is 13.0 Å². The Morgan fingerprint density at radius 1 is 1.20 bits per heavy atom. The van der Waals surface area contributed by atoms with E-state index in [1.54, 1.807) is 19.2 Å². The van der Waals surface area contributed by atoms with Gasteiger partial charge in [0, 0.05) is 17.6 Å². The Bertz CT molecular complexity index is 944. The SMILES string of the molecule is CC(Sc1nc(N)cc(C(F)(F)F)n1)c1cc2c(Cl)c[nH]c2c(Cl)n1. The van der Waals surface area contributed by atoms with Crippen molar-refractivity contribution in [3.63, 3.8) is 0 Å². The van der Waals surface area contributed by atoms with Crippen molar-refractivity contribution in [1.82, 2.24) is 19.9 Å². The predicted octanol–water partition coefficient (Wildman–Crippen LogP) is 5.11. The van der Waals surface area contributed by atoms with Gasteiger partial charge in [0.25, 0.3) is 0 Å². The molecule has 3 aromatic rings. The number of hydrogen-bond acceptors (Lipinski definition) is 5. The van der Waals surface area contributed by atoms with Crippen molar-refractivity contribution in [3.8, 4) is 0 Å². The molecule has 0 saturated carbocycles. The average molecular weight is 408 g/mol. The Balaban J connectivity index is 1.94. The van der Waals surface area contributed by atoms with E-state index in [1.165, 1.54) is 0 Å². The molecule has 0 amide bonds. The molecule has 1 unspecified atom stereocenters. The summed E-state index contributed by atoms with van der Waals surface area (Å²) >= 11 is 13.2. The molecule has 0 radical (unpaired) electrons. The minimum absolute atomic E-state index is 0.0991. The van der Waals surface area contributed by atoms with Crippen LogP contribution >= 0.6 is 35.0 Å². The van der Waals surface area contributed by atoms with E-state index < -0.39 is 11.9 Å². The predicted molar refractivity (Wildman–Crippen MR) is 91.8 cm³/mol. The molecular weight excluding hydrogens is 398 g/mol. The van der Waals surface area contributed by atoms with Gasteiger partial charge in [-0.2, -0.15) is 13.2 Å². The lowest BCUT2D eigenvalue weighted by atomic mass is 10.2. The number of nitrogens with zero attached hydrogens (tertiary/aromatic N) is 3. The number of hydrogen-bond donors (Lipinski definition) is 2. The van der Waals surface area contributed by atoms with E-state index in [-0.39, 0.29) is 21.4 Å². The van der Waals surface area contributed by atoms with Crippen LogP contribution in [0.5, 0.6) is 0 Å². The third-order valence-electron chi connectivity index (χ3n) is 3.31. The highest BCUT2D eigenvalue weighted by Gasteiger charge is 2.33. The summed E-state index contributed by atoms with van der Waals surface area (Å²) in [7, 11) is 0. The zero-order valence-corrected chi connectivity index (χ0v) is 14.9. The lowest BCUT2D eigenvalue weighted by Gasteiger charge is -2.12. The van der Waals surface area contributed by atoms with E-state index in [9.17, 15) is 13.2 Å². The number of anilines is 1. The zero-order valence-electron chi connectivity index (χ0n) is 12.5. The van der Waals surface area contributed by atoms with Crippen LogP contribution < -0.4 is 5.73 Å². The summed E-state index contributed by atoms with van der Waals surface area (Å²) in [6.07, 6.45) is -3.02. The maximum atomic E-state index is 12.8. The Hall–Kier alpha value is -1.71. The second kappa shape index (κ2) is 6.54. The first-order valence-electron chi connectivity index (χ1n) is 6.86. The quantitative estimate of drug-likeness (QED) is 0.358. The molecule has 0 aliphatic carbocycles. The monoisotopic (exact) mass is 407 g/mol. The summed E-state index contributed by atoms with van der Waals surface area (Å²) in [4.78, 5) is 14.5. The summed E-state index contributed by atoms with van der Waals surface area (Å²) in [6.45, 7) is 1.75. The summed E-state index contributed by atoms with van der Waals surface area (Å²) in [5, 5.41) is 0.885. The summed E-state index contributed by atoms with van der Waals surface area (Å²) in [5.74, 6) is -0.257. The second-order valence-electron chi connectivity index (χ2n) is 5.12. The molecular formula is C14H10Cl2F3N5S. The van der Waals surface area contributed by atoms with Crippen molar-refractivity contribution >= 4 is 51.7 Å². The maximum Gasteiger partial charge on any atom is 0.433 e. The van der Waals surface area contributed by atoms with E-state index in [0.29, 0.717) is 27.7 Å². The zero-order chi connectivity index (χ0) is 18.4. The van der Waals surface area contributed by atoms with E-state index in [2.05, 4.69) is 19.9 Å². The van der Waals surface area contributed by atoms with Gasteiger partial charge < -0.3 is 10.7 Å². The third-order valence-corrected chi connectivity index (χ3v) is 4.88. The summed E-state index contributed by atoms with van der Waals surface area (Å²) < 4.78 is 38.5. The number of aromatic amines is 1. The summed E-state index contributed by atoms with van der Waals surface area (Å²) in [6, 6.07) is 2.41. The average Bonchev–Trinajstić information content (AvgIpc) is 2.88. The molecule has 0 spiro atoms. The highest BCUT2D eigenvalue weighted by molar-refractivity contribution is 7.99. The van der Waals surface area contributed by atoms with E-state index in [4.69, 9.17) is 28.9 Å². The van der Waals surface area contributed by atoms with E-state index in [1.807, 2.05) is 0 Å². The van der Waals surface area contributed by atoms with Gasteiger partial charge in [-0.3, -0.25) is 0 Å². The molecule has 0 bridgehead atoms. The number of pyridine rings is 1. The molecule has 0 aliphatic rings. The molecule has 3 rings (SSSR count). The first-order valence-corrected chi connectivity index (χ1v) is 8.50.